The predicted octanol–water partition coefficient (Wildman–Crippen LogP) is 8.49. The number of ether oxygens (including phenoxy) is 6. The summed E-state index contributed by atoms with van der Waals surface area (Å²) in [5.74, 6) is -0.735. The van der Waals surface area contributed by atoms with Gasteiger partial charge in [0.1, 0.15) is 37.9 Å². The molecule has 0 fully saturated rings. The second-order valence-electron chi connectivity index (χ2n) is 11.4. The topological polar surface area (TPSA) is 124 Å². The molecule has 4 rings (SSSR count). The summed E-state index contributed by atoms with van der Waals surface area (Å²) in [6.07, 6.45) is 6.12. The van der Waals surface area contributed by atoms with Crippen LogP contribution in [0.25, 0.3) is 11.1 Å². The highest BCUT2D eigenvalue weighted by molar-refractivity contribution is 7.98. The second kappa shape index (κ2) is 22.6. The van der Waals surface area contributed by atoms with E-state index in [2.05, 4.69) is 17.9 Å². The summed E-state index contributed by atoms with van der Waals surface area (Å²) in [5, 5.41) is 0. The van der Waals surface area contributed by atoms with Gasteiger partial charge in [-0.15, -0.1) is 23.5 Å². The molecule has 0 aliphatic heterocycles. The maximum absolute atomic E-state index is 12.6. The van der Waals surface area contributed by atoms with E-state index in [9.17, 15) is 19.2 Å². The molecule has 10 nitrogen and oxygen atoms in total. The minimum Gasteiger partial charge on any atom is -0.490 e. The summed E-state index contributed by atoms with van der Waals surface area (Å²) in [6.45, 7) is 10.6. The molecule has 4 aromatic carbocycles. The lowest BCUT2D eigenvalue weighted by Gasteiger charge is -2.28. The molecule has 284 valence electrons. The average Bonchev–Trinajstić information content (AvgIpc) is 3.21. The Morgan fingerprint density at radius 2 is 1.06 bits per heavy atom. The van der Waals surface area contributed by atoms with E-state index < -0.39 is 17.5 Å². The van der Waals surface area contributed by atoms with Gasteiger partial charge in [0.05, 0.1) is 17.7 Å². The number of carbonyl (C=O) groups excluding carboxylic acids is 4. The fourth-order valence-electron chi connectivity index (χ4n) is 4.44. The summed E-state index contributed by atoms with van der Waals surface area (Å²) in [5.41, 5.74) is 1.55. The number of rotatable bonds is 18. The molecule has 0 saturated heterocycles. The number of benzene rings is 4. The van der Waals surface area contributed by atoms with E-state index in [0.29, 0.717) is 29.2 Å². The number of hydrogen-bond acceptors (Lipinski definition) is 12. The van der Waals surface area contributed by atoms with Crippen molar-refractivity contribution in [3.63, 3.8) is 0 Å². The van der Waals surface area contributed by atoms with Crippen molar-refractivity contribution in [2.24, 2.45) is 0 Å². The normalized spacial score (nSPS) is 11.3. The van der Waals surface area contributed by atoms with Gasteiger partial charge < -0.3 is 28.4 Å². The maximum Gasteiger partial charge on any atom is 0.338 e. The zero-order valence-electron chi connectivity index (χ0n) is 30.7. The van der Waals surface area contributed by atoms with Gasteiger partial charge in [-0.1, -0.05) is 37.4 Å². The molecule has 54 heavy (non-hydrogen) atoms. The lowest BCUT2D eigenvalue weighted by Crippen LogP contribution is -2.43. The monoisotopic (exact) mass is 772 g/mol. The zero-order chi connectivity index (χ0) is 39.3. The van der Waals surface area contributed by atoms with E-state index in [1.165, 1.54) is 0 Å². The molecule has 0 radical (unpaired) electrons. The lowest BCUT2D eigenvalue weighted by molar-refractivity contribution is -0.160. The molecule has 0 spiro atoms. The maximum atomic E-state index is 12.6. The molecular formula is C42H44O10S2. The van der Waals surface area contributed by atoms with Crippen LogP contribution in [-0.4, -0.2) is 75.0 Å². The summed E-state index contributed by atoms with van der Waals surface area (Å²) in [6, 6.07) is 29.3. The van der Waals surface area contributed by atoms with E-state index in [1.54, 1.807) is 73.8 Å². The van der Waals surface area contributed by atoms with Gasteiger partial charge in [-0.3, -0.25) is 0 Å². The third-order valence-corrected chi connectivity index (χ3v) is 8.79. The van der Waals surface area contributed by atoms with Gasteiger partial charge in [-0.05, 0) is 110 Å². The second-order valence-corrected chi connectivity index (χ2v) is 13.1. The predicted molar refractivity (Wildman–Crippen MR) is 211 cm³/mol. The molecule has 0 bridgehead atoms. The van der Waals surface area contributed by atoms with Crippen LogP contribution in [0.3, 0.4) is 0 Å². The highest BCUT2D eigenvalue weighted by Gasteiger charge is 2.32. The number of carbonyl (C=O) groups is 4. The highest BCUT2D eigenvalue weighted by atomic mass is 32.2. The third kappa shape index (κ3) is 14.5. The van der Waals surface area contributed by atoms with Crippen LogP contribution >= 0.6 is 23.5 Å². The van der Waals surface area contributed by atoms with Crippen molar-refractivity contribution in [3.05, 3.63) is 133 Å². The molecule has 1 atom stereocenters. The molecule has 0 amide bonds. The molecule has 4 aromatic rings. The Hall–Kier alpha value is -5.46. The first-order valence-corrected chi connectivity index (χ1v) is 19.2. The fourth-order valence-corrected chi connectivity index (χ4v) is 5.26. The Morgan fingerprint density at radius 1 is 0.593 bits per heavy atom. The minimum absolute atomic E-state index is 0.0593. The van der Waals surface area contributed by atoms with E-state index in [4.69, 9.17) is 23.7 Å². The Bertz CT molecular complexity index is 1820. The summed E-state index contributed by atoms with van der Waals surface area (Å²) in [7, 11) is 0. The Labute approximate surface area is 324 Å². The van der Waals surface area contributed by atoms with Gasteiger partial charge >= 0.3 is 23.9 Å². The van der Waals surface area contributed by atoms with E-state index in [1.807, 2.05) is 73.2 Å². The van der Waals surface area contributed by atoms with Crippen molar-refractivity contribution in [1.29, 1.82) is 0 Å². The minimum atomic E-state index is -1.26. The van der Waals surface area contributed by atoms with E-state index in [0.717, 1.165) is 33.1 Å². The molecule has 0 aromatic heterocycles. The van der Waals surface area contributed by atoms with Gasteiger partial charge in [-0.25, -0.2) is 19.2 Å². The van der Waals surface area contributed by atoms with Gasteiger partial charge in [0.2, 0.25) is 0 Å². The van der Waals surface area contributed by atoms with Crippen LogP contribution < -0.4 is 9.47 Å². The quantitative estimate of drug-likeness (QED) is 0.0317. The van der Waals surface area contributed by atoms with Gasteiger partial charge in [0.15, 0.2) is 5.60 Å². The molecule has 0 aliphatic carbocycles. The van der Waals surface area contributed by atoms with Crippen LogP contribution in [0.1, 0.15) is 34.6 Å². The fraction of sp³-hybridized carbons (Fsp3) is 0.238. The zero-order valence-corrected chi connectivity index (χ0v) is 32.4. The summed E-state index contributed by atoms with van der Waals surface area (Å²) < 4.78 is 32.4. The standard InChI is InChI=1S/C37H36O8S2.C5H8O2/c1-5-34(38)45-37(2,25-44-36(40)29-12-20-33(47-4)21-13-29)24-43-31-16-8-27(9-17-31)26-6-14-30(15-7-26)41-22-23-42-35(39)28-10-18-32(46-3)19-11-28;1-3-5(6)7-4-2/h5-21H,1,22-25H2,2-4H3;3H,1,4H2,2H3. The number of hydrogen-bond donors (Lipinski definition) is 0. The third-order valence-electron chi connectivity index (χ3n) is 7.30. The van der Waals surface area contributed by atoms with Crippen LogP contribution in [-0.2, 0) is 28.5 Å². The van der Waals surface area contributed by atoms with Crippen molar-refractivity contribution in [1.82, 2.24) is 0 Å². The smallest absolute Gasteiger partial charge is 0.338 e. The van der Waals surface area contributed by atoms with Gasteiger partial charge in [0.25, 0.3) is 0 Å². The number of esters is 4. The molecule has 0 heterocycles. The Balaban J connectivity index is 0.00000102. The number of thioether (sulfide) groups is 2. The van der Waals surface area contributed by atoms with Crippen molar-refractivity contribution in [2.75, 3.05) is 45.5 Å². The highest BCUT2D eigenvalue weighted by Crippen LogP contribution is 2.26. The first-order chi connectivity index (χ1) is 26.0. The first kappa shape index (κ1) is 42.9. The largest absolute Gasteiger partial charge is 0.490 e. The molecular weight excluding hydrogens is 729 g/mol. The van der Waals surface area contributed by atoms with Crippen molar-refractivity contribution in [3.8, 4) is 22.6 Å². The average molecular weight is 773 g/mol. The Morgan fingerprint density at radius 3 is 1.48 bits per heavy atom. The van der Waals surface area contributed by atoms with Gasteiger partial charge in [-0.2, -0.15) is 0 Å². The lowest BCUT2D eigenvalue weighted by atomic mass is 10.1. The molecule has 1 unspecified atom stereocenters. The van der Waals surface area contributed by atoms with Crippen molar-refractivity contribution in [2.45, 2.75) is 29.2 Å². The summed E-state index contributed by atoms with van der Waals surface area (Å²) >= 11 is 3.18. The molecule has 12 heteroatoms. The molecule has 0 aliphatic rings. The van der Waals surface area contributed by atoms with Crippen LogP contribution in [0.2, 0.25) is 0 Å². The van der Waals surface area contributed by atoms with Gasteiger partial charge in [0, 0.05) is 21.9 Å². The van der Waals surface area contributed by atoms with Crippen molar-refractivity contribution < 1.29 is 47.6 Å². The molecule has 0 N–H and O–H groups in total. The Kier molecular flexibility index (Phi) is 18.0. The molecule has 0 saturated carbocycles. The van der Waals surface area contributed by atoms with Crippen LogP contribution in [0.5, 0.6) is 11.5 Å². The van der Waals surface area contributed by atoms with E-state index in [-0.39, 0.29) is 38.4 Å². The van der Waals surface area contributed by atoms with Crippen molar-refractivity contribution >= 4 is 47.4 Å². The van der Waals surface area contributed by atoms with E-state index >= 15 is 0 Å². The SMILES string of the molecule is C=CC(=O)OC(C)(COC(=O)c1ccc(SC)cc1)COc1ccc(-c2ccc(OCCOC(=O)c3ccc(SC)cc3)cc2)cc1.C=CC(=O)OCC. The van der Waals surface area contributed by atoms with Crippen LogP contribution in [0, 0.1) is 0 Å². The summed E-state index contributed by atoms with van der Waals surface area (Å²) in [4.78, 5) is 49.1. The first-order valence-electron chi connectivity index (χ1n) is 16.8. The van der Waals surface area contributed by atoms with Crippen LogP contribution in [0.4, 0.5) is 0 Å². The van der Waals surface area contributed by atoms with Crippen LogP contribution in [0.15, 0.2) is 132 Å².